The molecule has 1 N–H and O–H groups in total. The molecule has 0 radical (unpaired) electrons. The lowest BCUT2D eigenvalue weighted by molar-refractivity contribution is 0.274. The first-order valence-electron chi connectivity index (χ1n) is 10.6. The van der Waals surface area contributed by atoms with Crippen LogP contribution in [0.3, 0.4) is 0 Å². The van der Waals surface area contributed by atoms with E-state index in [9.17, 15) is 9.59 Å². The van der Waals surface area contributed by atoms with Crippen molar-refractivity contribution in [2.75, 3.05) is 42.6 Å². The summed E-state index contributed by atoms with van der Waals surface area (Å²) >= 11 is 0. The summed E-state index contributed by atoms with van der Waals surface area (Å²) in [4.78, 5) is 38.8. The minimum absolute atomic E-state index is 0.0412. The average Bonchev–Trinajstić information content (AvgIpc) is 2.83. The number of piperazine rings is 1. The van der Waals surface area contributed by atoms with Crippen molar-refractivity contribution >= 4 is 33.4 Å². The standard InChI is InChI=1S/C23H24N6O3/c1-26-21(31)17-4-2-3-5-19(17)25-23(26)28-10-8-27(9-11-28)16-6-7-18-20(14-16)24-15-29(12-13-30)22(18)32/h2-7,14-15,30H,8-13H2,1H3. The number of hydrogen-bond donors (Lipinski definition) is 1. The van der Waals surface area contributed by atoms with Crippen LogP contribution >= 0.6 is 0 Å². The molecule has 0 bridgehead atoms. The number of rotatable bonds is 4. The van der Waals surface area contributed by atoms with Crippen molar-refractivity contribution in [2.24, 2.45) is 7.05 Å². The molecule has 1 aliphatic rings. The van der Waals surface area contributed by atoms with E-state index in [4.69, 9.17) is 10.1 Å². The van der Waals surface area contributed by atoms with Gasteiger partial charge in [0.05, 0.1) is 41.3 Å². The average molecular weight is 432 g/mol. The van der Waals surface area contributed by atoms with E-state index in [1.807, 2.05) is 30.3 Å². The van der Waals surface area contributed by atoms with Crippen LogP contribution in [0.25, 0.3) is 21.8 Å². The Morgan fingerprint density at radius 1 is 0.906 bits per heavy atom. The van der Waals surface area contributed by atoms with E-state index < -0.39 is 0 Å². The van der Waals surface area contributed by atoms with Crippen LogP contribution in [0.15, 0.2) is 58.4 Å². The van der Waals surface area contributed by atoms with Crippen molar-refractivity contribution in [3.63, 3.8) is 0 Å². The molecule has 2 aromatic carbocycles. The molecule has 9 heteroatoms. The molecule has 1 aliphatic heterocycles. The van der Waals surface area contributed by atoms with Crippen LogP contribution < -0.4 is 20.9 Å². The van der Waals surface area contributed by atoms with Gasteiger partial charge in [0.15, 0.2) is 0 Å². The third-order valence-corrected chi connectivity index (χ3v) is 6.04. The molecule has 32 heavy (non-hydrogen) atoms. The normalized spacial score (nSPS) is 14.4. The van der Waals surface area contributed by atoms with Crippen LogP contribution in [0, 0.1) is 0 Å². The summed E-state index contributed by atoms with van der Waals surface area (Å²) in [5.74, 6) is 0.679. The number of nitrogens with zero attached hydrogens (tertiary/aromatic N) is 6. The molecule has 5 rings (SSSR count). The van der Waals surface area contributed by atoms with Crippen molar-refractivity contribution in [3.8, 4) is 0 Å². The summed E-state index contributed by atoms with van der Waals surface area (Å²) < 4.78 is 3.04. The molecule has 0 atom stereocenters. The lowest BCUT2D eigenvalue weighted by atomic mass is 10.2. The molecule has 1 saturated heterocycles. The number of aromatic nitrogens is 4. The summed E-state index contributed by atoms with van der Waals surface area (Å²) in [6, 6.07) is 13.1. The summed E-state index contributed by atoms with van der Waals surface area (Å²) in [6.45, 7) is 3.10. The number of fused-ring (bicyclic) bond motifs is 2. The summed E-state index contributed by atoms with van der Waals surface area (Å²) in [5.41, 5.74) is 2.16. The second-order valence-corrected chi connectivity index (χ2v) is 7.94. The van der Waals surface area contributed by atoms with Gasteiger partial charge in [0.2, 0.25) is 5.95 Å². The molecule has 1 fully saturated rings. The highest BCUT2D eigenvalue weighted by Gasteiger charge is 2.22. The summed E-state index contributed by atoms with van der Waals surface area (Å²) in [7, 11) is 1.77. The fourth-order valence-corrected chi connectivity index (χ4v) is 4.26. The van der Waals surface area contributed by atoms with Gasteiger partial charge in [0.25, 0.3) is 11.1 Å². The molecular formula is C23H24N6O3. The van der Waals surface area contributed by atoms with Crippen LogP contribution in [0.4, 0.5) is 11.6 Å². The quantitative estimate of drug-likeness (QED) is 0.513. The lowest BCUT2D eigenvalue weighted by Crippen LogP contribution is -2.48. The highest BCUT2D eigenvalue weighted by Crippen LogP contribution is 2.22. The van der Waals surface area contributed by atoms with E-state index in [0.29, 0.717) is 27.8 Å². The van der Waals surface area contributed by atoms with E-state index in [0.717, 1.165) is 31.9 Å². The van der Waals surface area contributed by atoms with Gasteiger partial charge in [-0.2, -0.15) is 0 Å². The molecule has 2 aromatic heterocycles. The molecular weight excluding hydrogens is 408 g/mol. The van der Waals surface area contributed by atoms with Crippen molar-refractivity contribution < 1.29 is 5.11 Å². The molecule has 3 heterocycles. The molecule has 0 saturated carbocycles. The molecule has 0 spiro atoms. The first kappa shape index (κ1) is 20.2. The van der Waals surface area contributed by atoms with Gasteiger partial charge in [0.1, 0.15) is 0 Å². The minimum atomic E-state index is -0.149. The fraction of sp³-hybridized carbons (Fsp3) is 0.304. The van der Waals surface area contributed by atoms with Crippen LogP contribution in [-0.2, 0) is 13.6 Å². The maximum absolute atomic E-state index is 12.7. The molecule has 0 unspecified atom stereocenters. The van der Waals surface area contributed by atoms with Gasteiger partial charge < -0.3 is 14.9 Å². The third-order valence-electron chi connectivity index (χ3n) is 6.04. The monoisotopic (exact) mass is 432 g/mol. The predicted molar refractivity (Wildman–Crippen MR) is 124 cm³/mol. The smallest absolute Gasteiger partial charge is 0.262 e. The lowest BCUT2D eigenvalue weighted by Gasteiger charge is -2.37. The Labute approximate surface area is 183 Å². The van der Waals surface area contributed by atoms with E-state index in [1.165, 1.54) is 10.9 Å². The van der Waals surface area contributed by atoms with Gasteiger partial charge in [-0.05, 0) is 30.3 Å². The number of benzene rings is 2. The Morgan fingerprint density at radius 3 is 2.41 bits per heavy atom. The maximum Gasteiger partial charge on any atom is 0.262 e. The van der Waals surface area contributed by atoms with Crippen molar-refractivity contribution in [1.82, 2.24) is 19.1 Å². The van der Waals surface area contributed by atoms with E-state index in [2.05, 4.69) is 14.8 Å². The molecule has 9 nitrogen and oxygen atoms in total. The second kappa shape index (κ2) is 8.08. The van der Waals surface area contributed by atoms with Crippen LogP contribution in [0.1, 0.15) is 0 Å². The Hall–Kier alpha value is -3.72. The zero-order chi connectivity index (χ0) is 22.2. The number of anilines is 2. The zero-order valence-corrected chi connectivity index (χ0v) is 17.8. The number of para-hydroxylation sites is 1. The minimum Gasteiger partial charge on any atom is -0.395 e. The first-order valence-corrected chi connectivity index (χ1v) is 10.6. The highest BCUT2D eigenvalue weighted by molar-refractivity contribution is 5.81. The first-order chi connectivity index (χ1) is 15.6. The van der Waals surface area contributed by atoms with E-state index in [1.54, 1.807) is 23.7 Å². The van der Waals surface area contributed by atoms with Crippen molar-refractivity contribution in [3.05, 3.63) is 69.5 Å². The van der Waals surface area contributed by atoms with Gasteiger partial charge in [-0.15, -0.1) is 0 Å². The largest absolute Gasteiger partial charge is 0.395 e. The number of hydrogen-bond acceptors (Lipinski definition) is 7. The predicted octanol–water partition coefficient (Wildman–Crippen LogP) is 0.962. The van der Waals surface area contributed by atoms with Gasteiger partial charge in [0, 0.05) is 38.9 Å². The topological polar surface area (TPSA) is 96.5 Å². The maximum atomic E-state index is 12.7. The Balaban J connectivity index is 1.38. The number of aliphatic hydroxyl groups is 1. The van der Waals surface area contributed by atoms with Gasteiger partial charge in [-0.1, -0.05) is 12.1 Å². The molecule has 0 aliphatic carbocycles. The molecule has 4 aromatic rings. The van der Waals surface area contributed by atoms with Gasteiger partial charge >= 0.3 is 0 Å². The second-order valence-electron chi connectivity index (χ2n) is 7.94. The Morgan fingerprint density at radius 2 is 1.62 bits per heavy atom. The summed E-state index contributed by atoms with van der Waals surface area (Å²) in [5, 5.41) is 10.3. The highest BCUT2D eigenvalue weighted by atomic mass is 16.3. The van der Waals surface area contributed by atoms with E-state index >= 15 is 0 Å². The molecule has 164 valence electrons. The number of aliphatic hydroxyl groups excluding tert-OH is 1. The fourth-order valence-electron chi connectivity index (χ4n) is 4.26. The molecule has 0 amide bonds. The zero-order valence-electron chi connectivity index (χ0n) is 17.8. The van der Waals surface area contributed by atoms with Gasteiger partial charge in [-0.3, -0.25) is 18.7 Å². The van der Waals surface area contributed by atoms with Crippen LogP contribution in [0.5, 0.6) is 0 Å². The van der Waals surface area contributed by atoms with E-state index in [-0.39, 0.29) is 24.3 Å². The van der Waals surface area contributed by atoms with Crippen molar-refractivity contribution in [1.29, 1.82) is 0 Å². The third kappa shape index (κ3) is 3.40. The summed E-state index contributed by atoms with van der Waals surface area (Å²) in [6.07, 6.45) is 1.48. The van der Waals surface area contributed by atoms with Gasteiger partial charge in [-0.25, -0.2) is 9.97 Å². The van der Waals surface area contributed by atoms with Crippen molar-refractivity contribution in [2.45, 2.75) is 6.54 Å². The van der Waals surface area contributed by atoms with Crippen LogP contribution in [0.2, 0.25) is 0 Å². The SMILES string of the molecule is Cn1c(N2CCN(c3ccc4c(=O)n(CCO)cnc4c3)CC2)nc2ccccc2c1=O. The Bertz CT molecular complexity index is 1420. The Kier molecular flexibility index (Phi) is 5.10. The van der Waals surface area contributed by atoms with Crippen LogP contribution in [-0.4, -0.2) is 57.0 Å².